The molecule has 82 valence electrons. The van der Waals surface area contributed by atoms with Crippen LogP contribution in [0.1, 0.15) is 6.92 Å². The van der Waals surface area contributed by atoms with Crippen molar-refractivity contribution in [3.8, 4) is 0 Å². The molecule has 0 amide bonds. The molecule has 1 unspecified atom stereocenters. The summed E-state index contributed by atoms with van der Waals surface area (Å²) in [6.45, 7) is 0.779. The van der Waals surface area contributed by atoms with Crippen molar-refractivity contribution in [2.75, 3.05) is 19.8 Å². The van der Waals surface area contributed by atoms with Gasteiger partial charge in [-0.1, -0.05) is 0 Å². The number of aliphatic hydroxyl groups excluding tert-OH is 3. The first-order valence-corrected chi connectivity index (χ1v) is 5.00. The zero-order valence-electron chi connectivity index (χ0n) is 7.20. The van der Waals surface area contributed by atoms with E-state index in [4.69, 9.17) is 25.1 Å². The fourth-order valence-electron chi connectivity index (χ4n) is 0.236. The minimum atomic E-state index is -4.50. The molecule has 7 nitrogen and oxygen atoms in total. The van der Waals surface area contributed by atoms with Crippen molar-refractivity contribution in [1.29, 1.82) is 0 Å². The highest BCUT2D eigenvalue weighted by Crippen LogP contribution is 2.35. The Hall–Kier alpha value is -0.0100. The first-order valence-electron chi connectivity index (χ1n) is 3.47. The van der Waals surface area contributed by atoms with Crippen molar-refractivity contribution >= 4 is 7.82 Å². The Balaban J connectivity index is 0. The first kappa shape index (κ1) is 15.5. The zero-order valence-corrected chi connectivity index (χ0v) is 8.09. The molecule has 0 aromatic carbocycles. The fourth-order valence-corrected chi connectivity index (χ4v) is 0.602. The number of rotatable bonds is 4. The largest absolute Gasteiger partial charge is 0.469 e. The van der Waals surface area contributed by atoms with Gasteiger partial charge >= 0.3 is 7.82 Å². The maximum absolute atomic E-state index is 9.93. The lowest BCUT2D eigenvalue weighted by Crippen LogP contribution is -2.18. The van der Waals surface area contributed by atoms with Crippen LogP contribution in [0.2, 0.25) is 0 Å². The van der Waals surface area contributed by atoms with E-state index >= 15 is 0 Å². The maximum Gasteiger partial charge on any atom is 0.469 e. The molecule has 0 fully saturated rings. The summed E-state index contributed by atoms with van der Waals surface area (Å²) in [7, 11) is -4.50. The van der Waals surface area contributed by atoms with Crippen LogP contribution >= 0.6 is 7.82 Å². The van der Waals surface area contributed by atoms with Gasteiger partial charge in [0.1, 0.15) is 6.10 Å². The smallest absolute Gasteiger partial charge is 0.397 e. The van der Waals surface area contributed by atoms with Gasteiger partial charge in [-0.25, -0.2) is 4.57 Å². The van der Waals surface area contributed by atoms with Gasteiger partial charge < -0.3 is 25.1 Å². The molecule has 0 rings (SSSR count). The van der Waals surface area contributed by atoms with Crippen LogP contribution in [0.25, 0.3) is 0 Å². The molecule has 0 saturated carbocycles. The number of aliphatic hydroxyl groups is 3. The highest BCUT2D eigenvalue weighted by atomic mass is 31.2. The van der Waals surface area contributed by atoms with Gasteiger partial charge in [0.2, 0.25) is 0 Å². The number of hydrogen-bond acceptors (Lipinski definition) is 5. The van der Waals surface area contributed by atoms with Gasteiger partial charge in [-0.2, -0.15) is 0 Å². The minimum Gasteiger partial charge on any atom is -0.397 e. The van der Waals surface area contributed by atoms with Crippen molar-refractivity contribution in [3.63, 3.8) is 0 Å². The number of phosphoric acid groups is 1. The van der Waals surface area contributed by atoms with Gasteiger partial charge in [-0.3, -0.25) is 4.52 Å². The van der Waals surface area contributed by atoms with Crippen LogP contribution in [0.3, 0.4) is 0 Å². The van der Waals surface area contributed by atoms with Crippen molar-refractivity contribution < 1.29 is 34.2 Å². The van der Waals surface area contributed by atoms with E-state index in [0.29, 0.717) is 0 Å². The van der Waals surface area contributed by atoms with E-state index in [1.54, 1.807) is 6.92 Å². The van der Waals surface area contributed by atoms with Gasteiger partial charge in [0, 0.05) is 6.61 Å². The monoisotopic (exact) mass is 218 g/mol. The lowest BCUT2D eigenvalue weighted by molar-refractivity contribution is 0.0419. The molecule has 13 heavy (non-hydrogen) atoms. The molecule has 0 aromatic heterocycles. The Kier molecular flexibility index (Phi) is 10.2. The Morgan fingerprint density at radius 2 is 1.77 bits per heavy atom. The lowest BCUT2D eigenvalue weighted by Gasteiger charge is -2.07. The quantitative estimate of drug-likeness (QED) is 0.361. The molecule has 1 atom stereocenters. The summed E-state index contributed by atoms with van der Waals surface area (Å²) < 4.78 is 13.8. The second-order valence-electron chi connectivity index (χ2n) is 1.94. The van der Waals surface area contributed by atoms with Crippen molar-refractivity contribution in [1.82, 2.24) is 0 Å². The van der Waals surface area contributed by atoms with E-state index in [1.807, 2.05) is 0 Å². The van der Waals surface area contributed by atoms with Crippen molar-refractivity contribution in [2.45, 2.75) is 13.0 Å². The standard InChI is InChI=1S/C3H9O6P.C2H6O/c4-1-3(5)2-9-10(6,7)8;1-2-3/h3-5H,1-2H2,(H2,6,7,8);3H,2H2,1H3. The molecule has 0 aliphatic heterocycles. The van der Waals surface area contributed by atoms with Crippen molar-refractivity contribution in [3.05, 3.63) is 0 Å². The van der Waals surface area contributed by atoms with Gasteiger partial charge in [0.15, 0.2) is 0 Å². The van der Waals surface area contributed by atoms with E-state index < -0.39 is 27.1 Å². The summed E-state index contributed by atoms with van der Waals surface area (Å²) in [5, 5.41) is 24.2. The SMILES string of the molecule is CCO.O=P(O)(O)OCC(O)CO. The van der Waals surface area contributed by atoms with Crippen LogP contribution in [0, 0.1) is 0 Å². The minimum absolute atomic E-state index is 0.250. The Morgan fingerprint density at radius 3 is 2.00 bits per heavy atom. The summed E-state index contributed by atoms with van der Waals surface area (Å²) in [5.74, 6) is 0. The van der Waals surface area contributed by atoms with E-state index in [0.717, 1.165) is 0 Å². The summed E-state index contributed by atoms with van der Waals surface area (Å²) >= 11 is 0. The number of hydrogen-bond donors (Lipinski definition) is 5. The van der Waals surface area contributed by atoms with Crippen molar-refractivity contribution in [2.24, 2.45) is 0 Å². The number of phosphoric ester groups is 1. The topological polar surface area (TPSA) is 127 Å². The highest BCUT2D eigenvalue weighted by Gasteiger charge is 2.15. The van der Waals surface area contributed by atoms with Gasteiger partial charge in [-0.05, 0) is 6.92 Å². The molecule has 0 saturated heterocycles. The predicted octanol–water partition coefficient (Wildman–Crippen LogP) is -1.55. The van der Waals surface area contributed by atoms with Crippen LogP contribution in [-0.2, 0) is 9.09 Å². The molecule has 0 aliphatic rings. The first-order chi connectivity index (χ1) is 5.87. The molecule has 0 radical (unpaired) electrons. The summed E-state index contributed by atoms with van der Waals surface area (Å²) in [4.78, 5) is 16.1. The second-order valence-corrected chi connectivity index (χ2v) is 3.18. The molecule has 0 aromatic rings. The van der Waals surface area contributed by atoms with E-state index in [9.17, 15) is 4.57 Å². The van der Waals surface area contributed by atoms with Crippen LogP contribution in [0.5, 0.6) is 0 Å². The highest BCUT2D eigenvalue weighted by molar-refractivity contribution is 7.46. The average molecular weight is 218 g/mol. The molecular weight excluding hydrogens is 203 g/mol. The Morgan fingerprint density at radius 1 is 1.38 bits per heavy atom. The zero-order chi connectivity index (χ0) is 10.9. The van der Waals surface area contributed by atoms with Gasteiger partial charge in [0.25, 0.3) is 0 Å². The van der Waals surface area contributed by atoms with E-state index in [2.05, 4.69) is 4.52 Å². The molecular formula is C5H15O7P. The van der Waals surface area contributed by atoms with Crippen LogP contribution in [0.4, 0.5) is 0 Å². The van der Waals surface area contributed by atoms with Gasteiger partial charge in [0.05, 0.1) is 13.2 Å². The van der Waals surface area contributed by atoms with E-state index in [-0.39, 0.29) is 6.61 Å². The molecule has 0 heterocycles. The summed E-state index contributed by atoms with van der Waals surface area (Å²) in [6, 6.07) is 0. The molecule has 5 N–H and O–H groups in total. The molecule has 0 bridgehead atoms. The average Bonchev–Trinajstić information content (AvgIpc) is 2.00. The Labute approximate surface area is 75.8 Å². The van der Waals surface area contributed by atoms with Crippen LogP contribution < -0.4 is 0 Å². The Bertz CT molecular complexity index is 144. The summed E-state index contributed by atoms with van der Waals surface area (Å²) in [5.41, 5.74) is 0. The normalized spacial score (nSPS) is 13.1. The van der Waals surface area contributed by atoms with E-state index in [1.165, 1.54) is 0 Å². The fraction of sp³-hybridized carbons (Fsp3) is 1.00. The maximum atomic E-state index is 9.93. The summed E-state index contributed by atoms with van der Waals surface area (Å²) in [6.07, 6.45) is -1.24. The third kappa shape index (κ3) is 18.7. The molecule has 8 heteroatoms. The lowest BCUT2D eigenvalue weighted by atomic mass is 10.4. The third-order valence-electron chi connectivity index (χ3n) is 0.646. The van der Waals surface area contributed by atoms with Gasteiger partial charge in [-0.15, -0.1) is 0 Å². The molecule has 0 spiro atoms. The van der Waals surface area contributed by atoms with Crippen LogP contribution in [-0.4, -0.2) is 51.0 Å². The van der Waals surface area contributed by atoms with Crippen LogP contribution in [0.15, 0.2) is 0 Å². The molecule has 0 aliphatic carbocycles. The predicted molar refractivity (Wildman–Crippen MR) is 43.8 cm³/mol. The second kappa shape index (κ2) is 8.58. The third-order valence-corrected chi connectivity index (χ3v) is 1.13.